The molecule has 0 radical (unpaired) electrons. The highest BCUT2D eigenvalue weighted by Gasteiger charge is 2.24. The largest absolute Gasteiger partial charge is 0.435 e. The van der Waals surface area contributed by atoms with Crippen LogP contribution in [0.4, 0.5) is 8.78 Å². The number of likely N-dealkylation sites (N-methyl/N-ethyl adjacent to an activating group) is 1. The van der Waals surface area contributed by atoms with Crippen molar-refractivity contribution in [2.24, 2.45) is 0 Å². The van der Waals surface area contributed by atoms with E-state index in [0.717, 1.165) is 19.5 Å². The standard InChI is InChI=1S/C14H18F2N2O2.ClH/c1-18(11-6-7-17-9-11)13(19)8-10-4-2-3-5-12(10)20-14(15)16;/h2-5,11,14,17H,6-9H2,1H3;1H. The molecule has 1 aliphatic rings. The fraction of sp³-hybridized carbons (Fsp3) is 0.500. The molecule has 1 N–H and O–H groups in total. The monoisotopic (exact) mass is 320 g/mol. The van der Waals surface area contributed by atoms with Crippen LogP contribution in [0.2, 0.25) is 0 Å². The molecule has 0 bridgehead atoms. The molecule has 1 unspecified atom stereocenters. The van der Waals surface area contributed by atoms with E-state index in [0.29, 0.717) is 5.56 Å². The SMILES string of the molecule is CN(C(=O)Cc1ccccc1OC(F)F)C1CCNC1.Cl. The van der Waals surface area contributed by atoms with Crippen LogP contribution in [0.1, 0.15) is 12.0 Å². The van der Waals surface area contributed by atoms with Gasteiger partial charge in [0, 0.05) is 25.2 Å². The van der Waals surface area contributed by atoms with E-state index in [-0.39, 0.29) is 36.5 Å². The van der Waals surface area contributed by atoms with Crippen LogP contribution < -0.4 is 10.1 Å². The van der Waals surface area contributed by atoms with Crippen LogP contribution in [0, 0.1) is 0 Å². The van der Waals surface area contributed by atoms with Crippen LogP contribution in [-0.4, -0.2) is 43.6 Å². The first kappa shape index (κ1) is 17.7. The number of alkyl halides is 2. The first-order valence-corrected chi connectivity index (χ1v) is 6.57. The quantitative estimate of drug-likeness (QED) is 0.903. The Labute approximate surface area is 128 Å². The number of rotatable bonds is 5. The van der Waals surface area contributed by atoms with Crippen molar-refractivity contribution >= 4 is 18.3 Å². The van der Waals surface area contributed by atoms with Gasteiger partial charge in [-0.2, -0.15) is 8.78 Å². The molecular weight excluding hydrogens is 302 g/mol. The Kier molecular flexibility index (Phi) is 6.84. The van der Waals surface area contributed by atoms with Gasteiger partial charge in [0.1, 0.15) is 5.75 Å². The third-order valence-electron chi connectivity index (χ3n) is 3.51. The first-order valence-electron chi connectivity index (χ1n) is 6.57. The van der Waals surface area contributed by atoms with Crippen molar-refractivity contribution < 1.29 is 18.3 Å². The van der Waals surface area contributed by atoms with Gasteiger partial charge in [-0.05, 0) is 19.0 Å². The molecule has 1 aliphatic heterocycles. The lowest BCUT2D eigenvalue weighted by molar-refractivity contribution is -0.131. The second kappa shape index (κ2) is 8.14. The highest BCUT2D eigenvalue weighted by molar-refractivity contribution is 5.85. The Hall–Kier alpha value is -1.40. The molecule has 0 spiro atoms. The van der Waals surface area contributed by atoms with Gasteiger partial charge in [0.2, 0.25) is 5.91 Å². The minimum absolute atomic E-state index is 0. The predicted molar refractivity (Wildman–Crippen MR) is 78.1 cm³/mol. The van der Waals surface area contributed by atoms with Gasteiger partial charge in [-0.25, -0.2) is 0 Å². The maximum atomic E-state index is 12.3. The molecule has 1 saturated heterocycles. The smallest absolute Gasteiger partial charge is 0.387 e. The molecule has 1 aromatic rings. The van der Waals surface area contributed by atoms with Gasteiger partial charge < -0.3 is 15.0 Å². The van der Waals surface area contributed by atoms with Gasteiger partial charge in [-0.1, -0.05) is 18.2 Å². The summed E-state index contributed by atoms with van der Waals surface area (Å²) in [6.45, 7) is -1.21. The summed E-state index contributed by atoms with van der Waals surface area (Å²) in [6, 6.07) is 6.57. The summed E-state index contributed by atoms with van der Waals surface area (Å²) in [7, 11) is 1.75. The maximum Gasteiger partial charge on any atom is 0.387 e. The lowest BCUT2D eigenvalue weighted by Crippen LogP contribution is -2.39. The Morgan fingerprint density at radius 3 is 2.81 bits per heavy atom. The van der Waals surface area contributed by atoms with Crippen LogP contribution in [0.3, 0.4) is 0 Å². The second-order valence-corrected chi connectivity index (χ2v) is 4.81. The minimum atomic E-state index is -2.89. The number of carbonyl (C=O) groups excluding carboxylic acids is 1. The number of nitrogens with one attached hydrogen (secondary N) is 1. The molecule has 1 amide bonds. The number of benzene rings is 1. The third-order valence-corrected chi connectivity index (χ3v) is 3.51. The van der Waals surface area contributed by atoms with Crippen LogP contribution in [0.15, 0.2) is 24.3 Å². The minimum Gasteiger partial charge on any atom is -0.435 e. The summed E-state index contributed by atoms with van der Waals surface area (Å²) in [6.07, 6.45) is 0.979. The van der Waals surface area contributed by atoms with Gasteiger partial charge in [0.05, 0.1) is 6.42 Å². The van der Waals surface area contributed by atoms with Crippen LogP contribution in [-0.2, 0) is 11.2 Å². The number of nitrogens with zero attached hydrogens (tertiary/aromatic N) is 1. The average molecular weight is 321 g/mol. The lowest BCUT2D eigenvalue weighted by Gasteiger charge is -2.24. The molecule has 4 nitrogen and oxygen atoms in total. The Bertz CT molecular complexity index is 468. The van der Waals surface area contributed by atoms with Crippen LogP contribution >= 0.6 is 12.4 Å². The molecule has 118 valence electrons. The van der Waals surface area contributed by atoms with Crippen molar-refractivity contribution in [1.82, 2.24) is 10.2 Å². The molecule has 2 rings (SSSR count). The zero-order valence-electron chi connectivity index (χ0n) is 11.7. The van der Waals surface area contributed by atoms with Crippen molar-refractivity contribution in [3.05, 3.63) is 29.8 Å². The highest BCUT2D eigenvalue weighted by atomic mass is 35.5. The molecule has 1 heterocycles. The number of halogens is 3. The third kappa shape index (κ3) is 4.82. The molecule has 7 heteroatoms. The fourth-order valence-corrected chi connectivity index (χ4v) is 2.32. The van der Waals surface area contributed by atoms with Crippen molar-refractivity contribution in [2.75, 3.05) is 20.1 Å². The number of amides is 1. The Morgan fingerprint density at radius 1 is 1.48 bits per heavy atom. The number of hydrogen-bond acceptors (Lipinski definition) is 3. The Balaban J connectivity index is 0.00000220. The molecule has 1 fully saturated rings. The number of ether oxygens (including phenoxy) is 1. The zero-order valence-corrected chi connectivity index (χ0v) is 12.5. The summed E-state index contributed by atoms with van der Waals surface area (Å²) >= 11 is 0. The van der Waals surface area contributed by atoms with E-state index in [4.69, 9.17) is 0 Å². The second-order valence-electron chi connectivity index (χ2n) is 4.81. The van der Waals surface area contributed by atoms with E-state index in [9.17, 15) is 13.6 Å². The van der Waals surface area contributed by atoms with Crippen molar-refractivity contribution in [3.63, 3.8) is 0 Å². The summed E-state index contributed by atoms with van der Waals surface area (Å²) < 4.78 is 29.1. The van der Waals surface area contributed by atoms with Crippen molar-refractivity contribution in [2.45, 2.75) is 25.5 Å². The van der Waals surface area contributed by atoms with Gasteiger partial charge >= 0.3 is 6.61 Å². The van der Waals surface area contributed by atoms with Gasteiger partial charge in [-0.15, -0.1) is 12.4 Å². The van der Waals surface area contributed by atoms with Gasteiger partial charge in [0.15, 0.2) is 0 Å². The van der Waals surface area contributed by atoms with E-state index in [1.54, 1.807) is 30.1 Å². The molecular formula is C14H19ClF2N2O2. The van der Waals surface area contributed by atoms with E-state index in [1.165, 1.54) is 6.07 Å². The molecule has 1 aromatic carbocycles. The topological polar surface area (TPSA) is 41.6 Å². The average Bonchev–Trinajstić information content (AvgIpc) is 2.93. The van der Waals surface area contributed by atoms with Crippen LogP contribution in [0.25, 0.3) is 0 Å². The number of carbonyl (C=O) groups is 1. The molecule has 21 heavy (non-hydrogen) atoms. The van der Waals surface area contributed by atoms with Crippen molar-refractivity contribution in [1.29, 1.82) is 0 Å². The summed E-state index contributed by atoms with van der Waals surface area (Å²) in [5.74, 6) is -0.0298. The predicted octanol–water partition coefficient (Wildman–Crippen LogP) is 2.07. The lowest BCUT2D eigenvalue weighted by atomic mass is 10.1. The van der Waals surface area contributed by atoms with E-state index < -0.39 is 6.61 Å². The van der Waals surface area contributed by atoms with Crippen LogP contribution in [0.5, 0.6) is 5.75 Å². The van der Waals surface area contributed by atoms with Gasteiger partial charge in [-0.3, -0.25) is 4.79 Å². The molecule has 0 saturated carbocycles. The van der Waals surface area contributed by atoms with Gasteiger partial charge in [0.25, 0.3) is 0 Å². The normalized spacial score (nSPS) is 17.4. The van der Waals surface area contributed by atoms with E-state index >= 15 is 0 Å². The fourth-order valence-electron chi connectivity index (χ4n) is 2.32. The first-order chi connectivity index (χ1) is 9.58. The zero-order chi connectivity index (χ0) is 14.5. The molecule has 0 aliphatic carbocycles. The summed E-state index contributed by atoms with van der Waals surface area (Å²) in [4.78, 5) is 13.9. The molecule has 0 aromatic heterocycles. The van der Waals surface area contributed by atoms with Crippen molar-refractivity contribution in [3.8, 4) is 5.75 Å². The van der Waals surface area contributed by atoms with E-state index in [2.05, 4.69) is 10.1 Å². The Morgan fingerprint density at radius 2 is 2.19 bits per heavy atom. The number of para-hydroxylation sites is 1. The summed E-state index contributed by atoms with van der Waals surface area (Å²) in [5, 5.41) is 3.19. The molecule has 1 atom stereocenters. The maximum absolute atomic E-state index is 12.3. The highest BCUT2D eigenvalue weighted by Crippen LogP contribution is 2.21. The number of hydrogen-bond donors (Lipinski definition) is 1. The van der Waals surface area contributed by atoms with E-state index in [1.807, 2.05) is 0 Å². The summed E-state index contributed by atoms with van der Waals surface area (Å²) in [5.41, 5.74) is 0.482.